The first-order valence-electron chi connectivity index (χ1n) is 6.08. The zero-order chi connectivity index (χ0) is 12.8. The fourth-order valence-corrected chi connectivity index (χ4v) is 1.48. The Morgan fingerprint density at radius 3 is 3.00 bits per heavy atom. The number of nitrogens with one attached hydrogen (secondary N) is 1. The highest BCUT2D eigenvalue weighted by atomic mass is 16.5. The van der Waals surface area contributed by atoms with Gasteiger partial charge in [0.2, 0.25) is 0 Å². The third-order valence-corrected chi connectivity index (χ3v) is 2.37. The summed E-state index contributed by atoms with van der Waals surface area (Å²) in [5.41, 5.74) is 1.01. The molecule has 0 spiro atoms. The van der Waals surface area contributed by atoms with Crippen LogP contribution in [0, 0.1) is 5.92 Å². The van der Waals surface area contributed by atoms with E-state index in [9.17, 15) is 0 Å². The molecule has 2 rings (SSSR count). The van der Waals surface area contributed by atoms with Crippen LogP contribution in [0.2, 0.25) is 0 Å². The Morgan fingerprint density at radius 2 is 2.28 bits per heavy atom. The van der Waals surface area contributed by atoms with E-state index in [0.29, 0.717) is 12.5 Å². The van der Waals surface area contributed by atoms with Crippen LogP contribution in [0.25, 0.3) is 0 Å². The molecule has 1 aromatic heterocycles. The minimum Gasteiger partial charge on any atom is -0.493 e. The van der Waals surface area contributed by atoms with Gasteiger partial charge in [0.1, 0.15) is 11.5 Å². The van der Waals surface area contributed by atoms with E-state index >= 15 is 0 Å². The van der Waals surface area contributed by atoms with Gasteiger partial charge in [-0.25, -0.2) is 4.98 Å². The van der Waals surface area contributed by atoms with Crippen LogP contribution in [-0.2, 0) is 6.54 Å². The highest BCUT2D eigenvalue weighted by molar-refractivity contribution is 5.48. The number of nitrogens with zero attached hydrogens (tertiary/aromatic N) is 1. The van der Waals surface area contributed by atoms with Gasteiger partial charge in [-0.2, -0.15) is 0 Å². The Kier molecular flexibility index (Phi) is 4.23. The van der Waals surface area contributed by atoms with Crippen molar-refractivity contribution in [3.63, 3.8) is 0 Å². The van der Waals surface area contributed by atoms with E-state index in [1.807, 2.05) is 24.3 Å². The van der Waals surface area contributed by atoms with Crippen molar-refractivity contribution in [2.24, 2.45) is 5.92 Å². The summed E-state index contributed by atoms with van der Waals surface area (Å²) in [6, 6.07) is 7.91. The minimum atomic E-state index is 0.524. The van der Waals surface area contributed by atoms with Crippen LogP contribution < -0.4 is 10.1 Å². The van der Waals surface area contributed by atoms with Gasteiger partial charge in [0, 0.05) is 11.8 Å². The molecule has 1 N–H and O–H groups in total. The average molecular weight is 246 g/mol. The fraction of sp³-hybridized carbons (Fsp3) is 0.357. The molecular weight excluding hydrogens is 228 g/mol. The molecule has 0 aliphatic heterocycles. The van der Waals surface area contributed by atoms with Gasteiger partial charge in [-0.3, -0.25) is 0 Å². The molecule has 4 nitrogen and oxygen atoms in total. The van der Waals surface area contributed by atoms with Crippen molar-refractivity contribution < 1.29 is 9.15 Å². The average Bonchev–Trinajstić information content (AvgIpc) is 2.87. The molecule has 0 saturated heterocycles. The van der Waals surface area contributed by atoms with Crippen LogP contribution >= 0.6 is 0 Å². The summed E-state index contributed by atoms with van der Waals surface area (Å²) in [4.78, 5) is 3.87. The topological polar surface area (TPSA) is 47.3 Å². The molecule has 0 radical (unpaired) electrons. The Morgan fingerprint density at radius 1 is 1.39 bits per heavy atom. The largest absolute Gasteiger partial charge is 0.493 e. The van der Waals surface area contributed by atoms with Crippen molar-refractivity contribution in [2.45, 2.75) is 20.4 Å². The van der Waals surface area contributed by atoms with Crippen LogP contribution in [-0.4, -0.2) is 11.6 Å². The SMILES string of the molecule is CC(C)COc1cccc(NCc2cnco2)c1. The lowest BCUT2D eigenvalue weighted by Gasteiger charge is -2.10. The number of aromatic nitrogens is 1. The van der Waals surface area contributed by atoms with Crippen molar-refractivity contribution in [1.82, 2.24) is 4.98 Å². The van der Waals surface area contributed by atoms with Crippen molar-refractivity contribution in [3.8, 4) is 5.75 Å². The van der Waals surface area contributed by atoms with Crippen molar-refractivity contribution in [1.29, 1.82) is 0 Å². The first-order valence-corrected chi connectivity index (χ1v) is 6.08. The molecule has 96 valence electrons. The minimum absolute atomic E-state index is 0.524. The lowest BCUT2D eigenvalue weighted by atomic mass is 10.2. The predicted octanol–water partition coefficient (Wildman–Crippen LogP) is 3.32. The number of hydrogen-bond donors (Lipinski definition) is 1. The number of hydrogen-bond acceptors (Lipinski definition) is 4. The molecule has 0 fully saturated rings. The summed E-state index contributed by atoms with van der Waals surface area (Å²) in [5.74, 6) is 2.21. The maximum absolute atomic E-state index is 5.67. The molecule has 18 heavy (non-hydrogen) atoms. The van der Waals surface area contributed by atoms with Crippen LogP contribution in [0.3, 0.4) is 0 Å². The summed E-state index contributed by atoms with van der Waals surface area (Å²) >= 11 is 0. The summed E-state index contributed by atoms with van der Waals surface area (Å²) in [7, 11) is 0. The molecular formula is C14H18N2O2. The maximum Gasteiger partial charge on any atom is 0.180 e. The number of ether oxygens (including phenoxy) is 1. The Bertz CT molecular complexity index is 466. The Balaban J connectivity index is 1.90. The van der Waals surface area contributed by atoms with Gasteiger partial charge < -0.3 is 14.5 Å². The first kappa shape index (κ1) is 12.5. The lowest BCUT2D eigenvalue weighted by molar-refractivity contribution is 0.271. The van der Waals surface area contributed by atoms with Gasteiger partial charge in [0.05, 0.1) is 19.3 Å². The second-order valence-electron chi connectivity index (χ2n) is 4.55. The van der Waals surface area contributed by atoms with Gasteiger partial charge >= 0.3 is 0 Å². The molecule has 0 aliphatic carbocycles. The van der Waals surface area contributed by atoms with E-state index in [4.69, 9.17) is 9.15 Å². The molecule has 0 atom stereocenters. The van der Waals surface area contributed by atoms with E-state index < -0.39 is 0 Å². The number of oxazole rings is 1. The Labute approximate surface area is 107 Å². The molecule has 0 unspecified atom stereocenters. The molecule has 1 heterocycles. The third-order valence-electron chi connectivity index (χ3n) is 2.37. The smallest absolute Gasteiger partial charge is 0.180 e. The van der Waals surface area contributed by atoms with Gasteiger partial charge in [-0.05, 0) is 18.1 Å². The quantitative estimate of drug-likeness (QED) is 0.849. The molecule has 1 aromatic carbocycles. The first-order chi connectivity index (χ1) is 8.74. The van der Waals surface area contributed by atoms with Gasteiger partial charge in [0.25, 0.3) is 0 Å². The number of anilines is 1. The molecule has 2 aromatic rings. The second-order valence-corrected chi connectivity index (χ2v) is 4.55. The van der Waals surface area contributed by atoms with Crippen LogP contribution in [0.4, 0.5) is 5.69 Å². The van der Waals surface area contributed by atoms with Crippen LogP contribution in [0.15, 0.2) is 41.3 Å². The standard InChI is InChI=1S/C14H18N2O2/c1-11(2)9-17-13-5-3-4-12(6-13)16-8-14-7-15-10-18-14/h3-7,10-11,16H,8-9H2,1-2H3. The van der Waals surface area contributed by atoms with E-state index in [1.165, 1.54) is 6.39 Å². The molecule has 0 amide bonds. The number of benzene rings is 1. The van der Waals surface area contributed by atoms with E-state index in [2.05, 4.69) is 24.1 Å². The number of rotatable bonds is 6. The fourth-order valence-electron chi connectivity index (χ4n) is 1.48. The predicted molar refractivity (Wildman–Crippen MR) is 70.6 cm³/mol. The van der Waals surface area contributed by atoms with E-state index in [0.717, 1.165) is 23.8 Å². The zero-order valence-corrected chi connectivity index (χ0v) is 10.7. The second kappa shape index (κ2) is 6.10. The van der Waals surface area contributed by atoms with Crippen LogP contribution in [0.5, 0.6) is 5.75 Å². The third kappa shape index (κ3) is 3.80. The summed E-state index contributed by atoms with van der Waals surface area (Å²) in [6.07, 6.45) is 3.13. The van der Waals surface area contributed by atoms with E-state index in [-0.39, 0.29) is 0 Å². The van der Waals surface area contributed by atoms with Crippen LogP contribution in [0.1, 0.15) is 19.6 Å². The van der Waals surface area contributed by atoms with Crippen molar-refractivity contribution >= 4 is 5.69 Å². The Hall–Kier alpha value is -1.97. The highest BCUT2D eigenvalue weighted by Crippen LogP contribution is 2.18. The summed E-state index contributed by atoms with van der Waals surface area (Å²) < 4.78 is 10.8. The molecule has 0 saturated carbocycles. The van der Waals surface area contributed by atoms with Gasteiger partial charge in [-0.15, -0.1) is 0 Å². The van der Waals surface area contributed by atoms with E-state index in [1.54, 1.807) is 6.20 Å². The van der Waals surface area contributed by atoms with Gasteiger partial charge in [0.15, 0.2) is 6.39 Å². The molecule has 0 aliphatic rings. The summed E-state index contributed by atoms with van der Waals surface area (Å²) in [6.45, 7) is 5.61. The zero-order valence-electron chi connectivity index (χ0n) is 10.7. The monoisotopic (exact) mass is 246 g/mol. The van der Waals surface area contributed by atoms with Gasteiger partial charge in [-0.1, -0.05) is 19.9 Å². The normalized spacial score (nSPS) is 10.6. The highest BCUT2D eigenvalue weighted by Gasteiger charge is 2.00. The maximum atomic E-state index is 5.67. The molecule has 0 bridgehead atoms. The van der Waals surface area contributed by atoms with Crippen molar-refractivity contribution in [2.75, 3.05) is 11.9 Å². The lowest BCUT2D eigenvalue weighted by Crippen LogP contribution is -2.05. The molecule has 4 heteroatoms. The summed E-state index contributed by atoms with van der Waals surface area (Å²) in [5, 5.41) is 3.26. The van der Waals surface area contributed by atoms with Crippen molar-refractivity contribution in [3.05, 3.63) is 42.6 Å².